The minimum atomic E-state index is 0.0331. The Hall–Kier alpha value is -3.31. The van der Waals surface area contributed by atoms with Gasteiger partial charge in [0.1, 0.15) is 28.2 Å². The Kier molecular flexibility index (Phi) is 5.46. The maximum Gasteiger partial charge on any atom is 0.192 e. The molecule has 4 aromatic rings. The van der Waals surface area contributed by atoms with Crippen LogP contribution in [-0.4, -0.2) is 9.97 Å². The summed E-state index contributed by atoms with van der Waals surface area (Å²) in [4.78, 5) is 20.1. The van der Waals surface area contributed by atoms with Crippen molar-refractivity contribution in [3.8, 4) is 23.0 Å². The summed E-state index contributed by atoms with van der Waals surface area (Å²) in [6.07, 6.45) is 2.35. The van der Waals surface area contributed by atoms with Gasteiger partial charge in [-0.25, -0.2) is 4.98 Å². The third-order valence-corrected chi connectivity index (χ3v) is 5.20. The van der Waals surface area contributed by atoms with E-state index in [9.17, 15) is 4.79 Å². The molecule has 0 saturated heterocycles. The second-order valence-corrected chi connectivity index (χ2v) is 7.45. The van der Waals surface area contributed by atoms with Gasteiger partial charge in [0.25, 0.3) is 0 Å². The number of aromatic nitrogens is 2. The van der Waals surface area contributed by atoms with E-state index in [4.69, 9.17) is 21.1 Å². The Morgan fingerprint density at radius 2 is 1.63 bits per heavy atom. The number of pyridine rings is 2. The van der Waals surface area contributed by atoms with Crippen molar-refractivity contribution >= 4 is 22.5 Å². The Bertz CT molecular complexity index is 1260. The van der Waals surface area contributed by atoms with Gasteiger partial charge in [0.2, 0.25) is 0 Å². The predicted octanol–water partition coefficient (Wildman–Crippen LogP) is 6.34. The van der Waals surface area contributed by atoms with Crippen LogP contribution in [0.3, 0.4) is 0 Å². The lowest BCUT2D eigenvalue weighted by Gasteiger charge is -2.13. The van der Waals surface area contributed by atoms with Crippen molar-refractivity contribution < 1.29 is 9.47 Å². The van der Waals surface area contributed by atoms with Gasteiger partial charge in [0, 0.05) is 16.6 Å². The van der Waals surface area contributed by atoms with E-state index in [0.717, 1.165) is 28.8 Å². The maximum atomic E-state index is 12.8. The minimum Gasteiger partial charge on any atom is -0.457 e. The number of aromatic amines is 1. The molecule has 0 spiro atoms. The van der Waals surface area contributed by atoms with Crippen LogP contribution in [0.25, 0.3) is 10.9 Å². The molecule has 2 aromatic carbocycles. The van der Waals surface area contributed by atoms with Gasteiger partial charge < -0.3 is 14.5 Å². The molecule has 4 rings (SSSR count). The van der Waals surface area contributed by atoms with Crippen LogP contribution >= 0.6 is 11.6 Å². The highest BCUT2D eigenvalue weighted by molar-refractivity contribution is 6.29. The topological polar surface area (TPSA) is 64.2 Å². The van der Waals surface area contributed by atoms with Crippen molar-refractivity contribution in [3.63, 3.8) is 0 Å². The second kappa shape index (κ2) is 8.20. The van der Waals surface area contributed by atoms with E-state index in [2.05, 4.69) is 9.97 Å². The summed E-state index contributed by atoms with van der Waals surface area (Å²) >= 11 is 5.79. The molecule has 6 heteroatoms. The van der Waals surface area contributed by atoms with Gasteiger partial charge in [0.15, 0.2) is 5.43 Å². The predicted molar refractivity (Wildman–Crippen MR) is 119 cm³/mol. The molecular weight excluding hydrogens is 400 g/mol. The van der Waals surface area contributed by atoms with E-state index >= 15 is 0 Å². The van der Waals surface area contributed by atoms with E-state index in [1.807, 2.05) is 51.1 Å². The number of nitrogens with one attached hydrogen (secondary N) is 1. The van der Waals surface area contributed by atoms with Crippen LogP contribution in [-0.2, 0) is 6.42 Å². The molecule has 0 amide bonds. The molecule has 0 bridgehead atoms. The molecule has 0 unspecified atom stereocenters. The van der Waals surface area contributed by atoms with Crippen LogP contribution in [0.1, 0.15) is 23.7 Å². The monoisotopic (exact) mass is 420 g/mol. The molecule has 152 valence electrons. The molecule has 0 radical (unpaired) electrons. The highest BCUT2D eigenvalue weighted by Gasteiger charge is 2.11. The van der Waals surface area contributed by atoms with Crippen LogP contribution in [0, 0.1) is 13.8 Å². The minimum absolute atomic E-state index is 0.0331. The molecule has 0 aliphatic carbocycles. The SMILES string of the molecule is CCc1[nH]c2cc(C)c(Oc3ccc(Oc4ccc(Cl)nc4)cc3)cc2c(=O)c1C. The number of ether oxygens (including phenoxy) is 2. The standard InChI is InChI=1S/C24H21ClN2O3/c1-4-20-15(3)24(28)19-12-22(14(2)11-21(19)27-20)30-17-7-5-16(6-8-17)29-18-9-10-23(25)26-13-18/h5-13H,4H2,1-3H3,(H,27,28). The maximum absolute atomic E-state index is 12.8. The highest BCUT2D eigenvalue weighted by Crippen LogP contribution is 2.30. The molecule has 0 aliphatic heterocycles. The fourth-order valence-corrected chi connectivity index (χ4v) is 3.41. The number of rotatable bonds is 5. The van der Waals surface area contributed by atoms with Gasteiger partial charge in [-0.1, -0.05) is 18.5 Å². The Morgan fingerprint density at radius 3 is 2.27 bits per heavy atom. The Balaban J connectivity index is 1.59. The van der Waals surface area contributed by atoms with Crippen LogP contribution in [0.15, 0.2) is 59.5 Å². The second-order valence-electron chi connectivity index (χ2n) is 7.07. The first-order chi connectivity index (χ1) is 14.4. The third kappa shape index (κ3) is 4.02. The fraction of sp³-hybridized carbons (Fsp3) is 0.167. The van der Waals surface area contributed by atoms with Crippen molar-refractivity contribution in [2.75, 3.05) is 0 Å². The third-order valence-electron chi connectivity index (χ3n) is 4.98. The van der Waals surface area contributed by atoms with Gasteiger partial charge >= 0.3 is 0 Å². The number of nitrogens with zero attached hydrogens (tertiary/aromatic N) is 1. The first kappa shape index (κ1) is 20.0. The number of hydrogen-bond acceptors (Lipinski definition) is 4. The van der Waals surface area contributed by atoms with Gasteiger partial charge in [-0.05, 0) is 74.4 Å². The van der Waals surface area contributed by atoms with Crippen LogP contribution in [0.2, 0.25) is 5.15 Å². The first-order valence-electron chi connectivity index (χ1n) is 9.68. The van der Waals surface area contributed by atoms with Crippen molar-refractivity contribution in [1.82, 2.24) is 9.97 Å². The quantitative estimate of drug-likeness (QED) is 0.382. The van der Waals surface area contributed by atoms with Crippen molar-refractivity contribution in [3.05, 3.63) is 86.9 Å². The van der Waals surface area contributed by atoms with Crippen LogP contribution in [0.4, 0.5) is 0 Å². The molecule has 0 atom stereocenters. The molecule has 2 aromatic heterocycles. The van der Waals surface area contributed by atoms with E-state index in [1.54, 1.807) is 24.4 Å². The largest absolute Gasteiger partial charge is 0.457 e. The molecule has 0 aliphatic rings. The number of H-pyrrole nitrogens is 1. The summed E-state index contributed by atoms with van der Waals surface area (Å²) in [5.74, 6) is 2.55. The van der Waals surface area contributed by atoms with Gasteiger partial charge in [0.05, 0.1) is 11.7 Å². The highest BCUT2D eigenvalue weighted by atomic mass is 35.5. The summed E-state index contributed by atoms with van der Waals surface area (Å²) < 4.78 is 11.8. The molecule has 5 nitrogen and oxygen atoms in total. The van der Waals surface area contributed by atoms with Crippen LogP contribution < -0.4 is 14.9 Å². The van der Waals surface area contributed by atoms with Gasteiger partial charge in [-0.3, -0.25) is 4.79 Å². The number of benzene rings is 2. The smallest absolute Gasteiger partial charge is 0.192 e. The van der Waals surface area contributed by atoms with E-state index in [1.165, 1.54) is 0 Å². The molecular formula is C24H21ClN2O3. The van der Waals surface area contributed by atoms with Crippen molar-refractivity contribution in [1.29, 1.82) is 0 Å². The zero-order valence-electron chi connectivity index (χ0n) is 17.0. The number of aryl methyl sites for hydroxylation is 2. The lowest BCUT2D eigenvalue weighted by molar-refractivity contribution is 0.467. The Labute approximate surface area is 179 Å². The zero-order chi connectivity index (χ0) is 21.3. The summed E-state index contributed by atoms with van der Waals surface area (Å²) in [6.45, 7) is 5.85. The molecule has 1 N–H and O–H groups in total. The van der Waals surface area contributed by atoms with E-state index in [0.29, 0.717) is 33.5 Å². The number of halogens is 1. The Morgan fingerprint density at radius 1 is 0.967 bits per heavy atom. The van der Waals surface area contributed by atoms with Gasteiger partial charge in [-0.15, -0.1) is 0 Å². The van der Waals surface area contributed by atoms with Crippen molar-refractivity contribution in [2.24, 2.45) is 0 Å². The number of fused-ring (bicyclic) bond motifs is 1. The summed E-state index contributed by atoms with van der Waals surface area (Å²) in [5.41, 5.74) is 3.51. The molecule has 2 heterocycles. The van der Waals surface area contributed by atoms with Crippen molar-refractivity contribution in [2.45, 2.75) is 27.2 Å². The lowest BCUT2D eigenvalue weighted by Crippen LogP contribution is -2.11. The molecule has 0 saturated carbocycles. The van der Waals surface area contributed by atoms with Gasteiger partial charge in [-0.2, -0.15) is 0 Å². The average Bonchev–Trinajstić information content (AvgIpc) is 2.75. The average molecular weight is 421 g/mol. The van der Waals surface area contributed by atoms with E-state index in [-0.39, 0.29) is 5.43 Å². The lowest BCUT2D eigenvalue weighted by atomic mass is 10.1. The van der Waals surface area contributed by atoms with Crippen LogP contribution in [0.5, 0.6) is 23.0 Å². The molecule has 0 fully saturated rings. The summed E-state index contributed by atoms with van der Waals surface area (Å²) in [6, 6.07) is 14.4. The summed E-state index contributed by atoms with van der Waals surface area (Å²) in [5, 5.41) is 1.04. The fourth-order valence-electron chi connectivity index (χ4n) is 3.30. The molecule has 30 heavy (non-hydrogen) atoms. The number of hydrogen-bond donors (Lipinski definition) is 1. The summed E-state index contributed by atoms with van der Waals surface area (Å²) in [7, 11) is 0. The zero-order valence-corrected chi connectivity index (χ0v) is 17.7. The first-order valence-corrected chi connectivity index (χ1v) is 10.1. The normalized spacial score (nSPS) is 10.9. The van der Waals surface area contributed by atoms with E-state index < -0.39 is 0 Å².